The van der Waals surface area contributed by atoms with Gasteiger partial charge >= 0.3 is 5.97 Å². The van der Waals surface area contributed by atoms with Gasteiger partial charge in [-0.25, -0.2) is 18.9 Å². The van der Waals surface area contributed by atoms with Crippen LogP contribution in [0.25, 0.3) is 26.6 Å². The average molecular weight is 339 g/mol. The van der Waals surface area contributed by atoms with E-state index in [9.17, 15) is 14.3 Å². The number of hydrogen-bond acceptors (Lipinski definition) is 4. The van der Waals surface area contributed by atoms with Crippen LogP contribution < -0.4 is 0 Å². The molecule has 0 radical (unpaired) electrons. The highest BCUT2D eigenvalue weighted by molar-refractivity contribution is 7.20. The standard InChI is InChI=1S/C17H10FN3O2S/c18-11-7-5-10(6-8-11)14-9-13(16(22)23)20-21(14)17-19-12-3-1-2-4-15(12)24-17/h1-9H,(H,22,23). The number of nitrogens with zero attached hydrogens (tertiary/aromatic N) is 3. The third-order valence-electron chi connectivity index (χ3n) is 3.53. The smallest absolute Gasteiger partial charge is 0.356 e. The van der Waals surface area contributed by atoms with Gasteiger partial charge in [0, 0.05) is 5.56 Å². The Balaban J connectivity index is 1.93. The molecular weight excluding hydrogens is 329 g/mol. The lowest BCUT2D eigenvalue weighted by Gasteiger charge is -2.03. The zero-order chi connectivity index (χ0) is 16.7. The van der Waals surface area contributed by atoms with Crippen LogP contribution in [0, 0.1) is 5.82 Å². The van der Waals surface area contributed by atoms with Crippen LogP contribution in [-0.4, -0.2) is 25.8 Å². The van der Waals surface area contributed by atoms with Crippen molar-refractivity contribution in [3.63, 3.8) is 0 Å². The number of para-hydroxylation sites is 1. The summed E-state index contributed by atoms with van der Waals surface area (Å²) in [7, 11) is 0. The van der Waals surface area contributed by atoms with Gasteiger partial charge in [-0.15, -0.1) is 0 Å². The van der Waals surface area contributed by atoms with E-state index in [1.165, 1.54) is 34.2 Å². The summed E-state index contributed by atoms with van der Waals surface area (Å²) in [5.74, 6) is -1.48. The molecule has 0 aliphatic heterocycles. The molecule has 5 nitrogen and oxygen atoms in total. The predicted octanol–water partition coefficient (Wildman–Crippen LogP) is 3.99. The first-order chi connectivity index (χ1) is 11.6. The summed E-state index contributed by atoms with van der Waals surface area (Å²) in [6, 6.07) is 14.9. The first kappa shape index (κ1) is 14.5. The quantitative estimate of drug-likeness (QED) is 0.613. The maximum Gasteiger partial charge on any atom is 0.356 e. The van der Waals surface area contributed by atoms with Gasteiger partial charge in [-0.2, -0.15) is 5.10 Å². The highest BCUT2D eigenvalue weighted by Gasteiger charge is 2.18. The van der Waals surface area contributed by atoms with Crippen molar-refractivity contribution in [2.24, 2.45) is 0 Å². The summed E-state index contributed by atoms with van der Waals surface area (Å²) in [6.45, 7) is 0. The lowest BCUT2D eigenvalue weighted by Crippen LogP contribution is -2.01. The SMILES string of the molecule is O=C(O)c1cc(-c2ccc(F)cc2)n(-c2nc3ccccc3s2)n1. The Labute approximate surface area is 139 Å². The molecule has 0 amide bonds. The summed E-state index contributed by atoms with van der Waals surface area (Å²) in [6.07, 6.45) is 0. The Morgan fingerprint density at radius 3 is 2.58 bits per heavy atom. The van der Waals surface area contributed by atoms with E-state index in [0.717, 1.165) is 10.2 Å². The zero-order valence-electron chi connectivity index (χ0n) is 12.2. The van der Waals surface area contributed by atoms with E-state index in [-0.39, 0.29) is 11.5 Å². The minimum absolute atomic E-state index is 0.0893. The molecule has 24 heavy (non-hydrogen) atoms. The zero-order valence-corrected chi connectivity index (χ0v) is 13.0. The van der Waals surface area contributed by atoms with Gasteiger partial charge in [-0.3, -0.25) is 0 Å². The van der Waals surface area contributed by atoms with Crippen LogP contribution >= 0.6 is 11.3 Å². The molecule has 0 fully saturated rings. The van der Waals surface area contributed by atoms with Gasteiger partial charge < -0.3 is 5.11 Å². The third kappa shape index (κ3) is 2.44. The number of aromatic carboxylic acids is 1. The molecule has 0 aliphatic rings. The van der Waals surface area contributed by atoms with E-state index in [1.807, 2.05) is 24.3 Å². The van der Waals surface area contributed by atoms with E-state index in [0.29, 0.717) is 16.4 Å². The van der Waals surface area contributed by atoms with E-state index in [4.69, 9.17) is 0 Å². The van der Waals surface area contributed by atoms with Crippen LogP contribution in [0.5, 0.6) is 0 Å². The number of benzene rings is 2. The molecule has 7 heteroatoms. The molecule has 0 saturated heterocycles. The highest BCUT2D eigenvalue weighted by atomic mass is 32.1. The molecule has 4 aromatic rings. The van der Waals surface area contributed by atoms with Crippen molar-refractivity contribution in [3.05, 3.63) is 66.1 Å². The van der Waals surface area contributed by atoms with Gasteiger partial charge in [0.15, 0.2) is 5.69 Å². The Bertz CT molecular complexity index is 1020. The fourth-order valence-electron chi connectivity index (χ4n) is 2.41. The van der Waals surface area contributed by atoms with Crippen molar-refractivity contribution in [2.75, 3.05) is 0 Å². The molecule has 0 aliphatic carbocycles. The fourth-order valence-corrected chi connectivity index (χ4v) is 3.34. The molecule has 0 atom stereocenters. The fraction of sp³-hybridized carbons (Fsp3) is 0. The lowest BCUT2D eigenvalue weighted by molar-refractivity contribution is 0.0690. The van der Waals surface area contributed by atoms with Crippen molar-refractivity contribution < 1.29 is 14.3 Å². The van der Waals surface area contributed by atoms with Crippen molar-refractivity contribution in [2.45, 2.75) is 0 Å². The van der Waals surface area contributed by atoms with Gasteiger partial charge in [-0.1, -0.05) is 23.5 Å². The van der Waals surface area contributed by atoms with Gasteiger partial charge in [0.2, 0.25) is 5.13 Å². The molecule has 2 heterocycles. The number of halogens is 1. The van der Waals surface area contributed by atoms with Crippen molar-refractivity contribution >= 4 is 27.5 Å². The molecule has 0 unspecified atom stereocenters. The van der Waals surface area contributed by atoms with Crippen LogP contribution in [-0.2, 0) is 0 Å². The number of hydrogen-bond donors (Lipinski definition) is 1. The molecule has 118 valence electrons. The molecular formula is C17H10FN3O2S. The summed E-state index contributed by atoms with van der Waals surface area (Å²) in [5.41, 5.74) is 1.94. The second-order valence-electron chi connectivity index (χ2n) is 5.10. The summed E-state index contributed by atoms with van der Waals surface area (Å²) < 4.78 is 15.6. The largest absolute Gasteiger partial charge is 0.476 e. The Kier molecular flexibility index (Phi) is 3.35. The Morgan fingerprint density at radius 2 is 1.88 bits per heavy atom. The average Bonchev–Trinajstić information content (AvgIpc) is 3.19. The Morgan fingerprint density at radius 1 is 1.12 bits per heavy atom. The maximum absolute atomic E-state index is 13.2. The number of carboxylic acids is 1. The van der Waals surface area contributed by atoms with Crippen LogP contribution in [0.4, 0.5) is 4.39 Å². The molecule has 0 saturated carbocycles. The van der Waals surface area contributed by atoms with Crippen molar-refractivity contribution in [1.82, 2.24) is 14.8 Å². The second-order valence-corrected chi connectivity index (χ2v) is 6.11. The predicted molar refractivity (Wildman–Crippen MR) is 89.1 cm³/mol. The number of carbonyl (C=O) groups is 1. The van der Waals surface area contributed by atoms with Gasteiger partial charge in [-0.05, 0) is 42.5 Å². The van der Waals surface area contributed by atoms with Crippen LogP contribution in [0.15, 0.2) is 54.6 Å². The first-order valence-corrected chi connectivity index (χ1v) is 7.89. The van der Waals surface area contributed by atoms with E-state index < -0.39 is 5.97 Å². The molecule has 2 aromatic heterocycles. The molecule has 2 aromatic carbocycles. The minimum Gasteiger partial charge on any atom is -0.476 e. The maximum atomic E-state index is 13.2. The normalized spacial score (nSPS) is 11.0. The lowest BCUT2D eigenvalue weighted by atomic mass is 10.1. The monoisotopic (exact) mass is 339 g/mol. The molecule has 4 rings (SSSR count). The molecule has 0 bridgehead atoms. The highest BCUT2D eigenvalue weighted by Crippen LogP contribution is 2.29. The number of thiazole rings is 1. The van der Waals surface area contributed by atoms with Gasteiger partial charge in [0.1, 0.15) is 5.82 Å². The topological polar surface area (TPSA) is 68.0 Å². The second kappa shape index (κ2) is 5.54. The molecule has 1 N–H and O–H groups in total. The number of aromatic nitrogens is 3. The summed E-state index contributed by atoms with van der Waals surface area (Å²) in [4.78, 5) is 15.8. The summed E-state index contributed by atoms with van der Waals surface area (Å²) >= 11 is 1.41. The third-order valence-corrected chi connectivity index (χ3v) is 4.54. The minimum atomic E-state index is -1.13. The Hall–Kier alpha value is -3.06. The molecule has 0 spiro atoms. The first-order valence-electron chi connectivity index (χ1n) is 7.07. The summed E-state index contributed by atoms with van der Waals surface area (Å²) in [5, 5.41) is 14.0. The van der Waals surface area contributed by atoms with E-state index >= 15 is 0 Å². The van der Waals surface area contributed by atoms with Crippen LogP contribution in [0.1, 0.15) is 10.5 Å². The van der Waals surface area contributed by atoms with Gasteiger partial charge in [0.05, 0.1) is 15.9 Å². The van der Waals surface area contributed by atoms with Crippen molar-refractivity contribution in [3.8, 4) is 16.4 Å². The van der Waals surface area contributed by atoms with Crippen molar-refractivity contribution in [1.29, 1.82) is 0 Å². The van der Waals surface area contributed by atoms with E-state index in [2.05, 4.69) is 10.1 Å². The van der Waals surface area contributed by atoms with Crippen LogP contribution in [0.3, 0.4) is 0 Å². The number of fused-ring (bicyclic) bond motifs is 1. The van der Waals surface area contributed by atoms with E-state index in [1.54, 1.807) is 12.1 Å². The number of carboxylic acid groups (broad SMARTS) is 1. The number of rotatable bonds is 3. The van der Waals surface area contributed by atoms with Gasteiger partial charge in [0.25, 0.3) is 0 Å². The van der Waals surface area contributed by atoms with Crippen LogP contribution in [0.2, 0.25) is 0 Å².